The molecule has 3 aromatic rings. The maximum Gasteiger partial charge on any atom is 0.121 e. The average Bonchev–Trinajstić information content (AvgIpc) is 2.97. The molecule has 0 saturated carbocycles. The average molecular weight is 294 g/mol. The highest BCUT2D eigenvalue weighted by atomic mass is 16.5. The number of nitrogen functional groups attached to an aromatic ring is 1. The van der Waals surface area contributed by atoms with Gasteiger partial charge in [0.15, 0.2) is 0 Å². The van der Waals surface area contributed by atoms with Gasteiger partial charge in [-0.25, -0.2) is 4.68 Å². The second kappa shape index (κ2) is 5.89. The third-order valence-corrected chi connectivity index (χ3v) is 3.62. The van der Waals surface area contributed by atoms with Crippen LogP contribution in [0.4, 0.5) is 5.69 Å². The van der Waals surface area contributed by atoms with E-state index in [0.717, 1.165) is 33.8 Å². The van der Waals surface area contributed by atoms with Crippen molar-refractivity contribution in [2.45, 2.75) is 13.5 Å². The Kier molecular flexibility index (Phi) is 3.78. The van der Waals surface area contributed by atoms with Crippen molar-refractivity contribution in [1.82, 2.24) is 15.0 Å². The molecule has 0 fully saturated rings. The van der Waals surface area contributed by atoms with Crippen molar-refractivity contribution in [1.29, 1.82) is 0 Å². The predicted molar refractivity (Wildman–Crippen MR) is 86.7 cm³/mol. The first-order valence-corrected chi connectivity index (χ1v) is 7.05. The molecule has 0 radical (unpaired) electrons. The highest BCUT2D eigenvalue weighted by Crippen LogP contribution is 2.25. The molecular formula is C17H18N4O. The van der Waals surface area contributed by atoms with Crippen molar-refractivity contribution in [2.24, 2.45) is 0 Å². The van der Waals surface area contributed by atoms with Crippen molar-refractivity contribution in [3.63, 3.8) is 0 Å². The molecule has 0 amide bonds. The number of methoxy groups -OCH3 is 1. The van der Waals surface area contributed by atoms with E-state index in [4.69, 9.17) is 10.5 Å². The SMILES string of the molecule is COc1ccc(-c2cnnn2Cc2ccc(N)cc2)cc1C. The fraction of sp³-hybridized carbons (Fsp3) is 0.176. The van der Waals surface area contributed by atoms with E-state index in [9.17, 15) is 0 Å². The van der Waals surface area contributed by atoms with Crippen molar-refractivity contribution in [3.05, 3.63) is 59.8 Å². The minimum Gasteiger partial charge on any atom is -0.496 e. The Morgan fingerprint density at radius 3 is 2.59 bits per heavy atom. The number of aryl methyl sites for hydroxylation is 1. The number of nitrogens with two attached hydrogens (primary N) is 1. The highest BCUT2D eigenvalue weighted by Gasteiger charge is 2.09. The Labute approximate surface area is 129 Å². The molecule has 5 heteroatoms. The van der Waals surface area contributed by atoms with Crippen LogP contribution in [-0.2, 0) is 6.54 Å². The lowest BCUT2D eigenvalue weighted by molar-refractivity contribution is 0.412. The van der Waals surface area contributed by atoms with Crippen LogP contribution in [0, 0.1) is 6.92 Å². The molecule has 1 aromatic heterocycles. The van der Waals surface area contributed by atoms with Crippen molar-refractivity contribution >= 4 is 5.69 Å². The molecule has 0 bridgehead atoms. The Morgan fingerprint density at radius 2 is 1.91 bits per heavy atom. The summed E-state index contributed by atoms with van der Waals surface area (Å²) in [5.74, 6) is 0.876. The fourth-order valence-corrected chi connectivity index (χ4v) is 2.43. The molecule has 0 unspecified atom stereocenters. The van der Waals surface area contributed by atoms with Crippen LogP contribution in [0.5, 0.6) is 5.75 Å². The second-order valence-corrected chi connectivity index (χ2v) is 5.20. The van der Waals surface area contributed by atoms with Gasteiger partial charge in [0, 0.05) is 11.3 Å². The molecule has 0 aliphatic rings. The molecule has 5 nitrogen and oxygen atoms in total. The lowest BCUT2D eigenvalue weighted by Gasteiger charge is -2.09. The van der Waals surface area contributed by atoms with Crippen LogP contribution in [0.25, 0.3) is 11.3 Å². The van der Waals surface area contributed by atoms with E-state index in [1.807, 2.05) is 48.0 Å². The zero-order chi connectivity index (χ0) is 15.5. The standard InChI is InChI=1S/C17H18N4O/c1-12-9-14(5-8-17(12)22-2)16-10-19-20-21(16)11-13-3-6-15(18)7-4-13/h3-10H,11,18H2,1-2H3. The maximum atomic E-state index is 5.72. The van der Waals surface area contributed by atoms with Gasteiger partial charge in [-0.15, -0.1) is 5.10 Å². The van der Waals surface area contributed by atoms with Gasteiger partial charge in [-0.3, -0.25) is 0 Å². The number of rotatable bonds is 4. The summed E-state index contributed by atoms with van der Waals surface area (Å²) < 4.78 is 7.19. The molecule has 22 heavy (non-hydrogen) atoms. The van der Waals surface area contributed by atoms with E-state index >= 15 is 0 Å². The second-order valence-electron chi connectivity index (χ2n) is 5.20. The first-order valence-electron chi connectivity index (χ1n) is 7.05. The first-order chi connectivity index (χ1) is 10.7. The van der Waals surface area contributed by atoms with Crippen molar-refractivity contribution in [3.8, 4) is 17.0 Å². The Morgan fingerprint density at radius 1 is 1.14 bits per heavy atom. The van der Waals surface area contributed by atoms with E-state index in [0.29, 0.717) is 6.54 Å². The third-order valence-electron chi connectivity index (χ3n) is 3.62. The van der Waals surface area contributed by atoms with E-state index in [2.05, 4.69) is 16.4 Å². The summed E-state index contributed by atoms with van der Waals surface area (Å²) in [6.45, 7) is 2.68. The quantitative estimate of drug-likeness (QED) is 0.751. The molecule has 0 aliphatic heterocycles. The van der Waals surface area contributed by atoms with Crippen LogP contribution in [0.2, 0.25) is 0 Å². The molecule has 0 atom stereocenters. The summed E-state index contributed by atoms with van der Waals surface area (Å²) in [4.78, 5) is 0. The number of aromatic nitrogens is 3. The van der Waals surface area contributed by atoms with E-state index in [-0.39, 0.29) is 0 Å². The minimum absolute atomic E-state index is 0.653. The molecule has 0 spiro atoms. The van der Waals surface area contributed by atoms with Crippen LogP contribution < -0.4 is 10.5 Å². The zero-order valence-electron chi connectivity index (χ0n) is 12.7. The number of benzene rings is 2. The topological polar surface area (TPSA) is 66.0 Å². The molecular weight excluding hydrogens is 276 g/mol. The van der Waals surface area contributed by atoms with Gasteiger partial charge in [0.1, 0.15) is 5.75 Å². The molecule has 1 heterocycles. The smallest absolute Gasteiger partial charge is 0.121 e. The lowest BCUT2D eigenvalue weighted by Crippen LogP contribution is -2.04. The van der Waals surface area contributed by atoms with E-state index < -0.39 is 0 Å². The van der Waals surface area contributed by atoms with Crippen LogP contribution in [-0.4, -0.2) is 22.1 Å². The van der Waals surface area contributed by atoms with Gasteiger partial charge < -0.3 is 10.5 Å². The highest BCUT2D eigenvalue weighted by molar-refractivity contribution is 5.61. The van der Waals surface area contributed by atoms with Crippen LogP contribution >= 0.6 is 0 Å². The summed E-state index contributed by atoms with van der Waals surface area (Å²) in [6, 6.07) is 13.8. The van der Waals surface area contributed by atoms with E-state index in [1.54, 1.807) is 13.3 Å². The van der Waals surface area contributed by atoms with Crippen molar-refractivity contribution in [2.75, 3.05) is 12.8 Å². The zero-order valence-corrected chi connectivity index (χ0v) is 12.7. The normalized spacial score (nSPS) is 10.6. The summed E-state index contributed by atoms with van der Waals surface area (Å²) >= 11 is 0. The third kappa shape index (κ3) is 2.79. The van der Waals surface area contributed by atoms with Gasteiger partial charge in [-0.2, -0.15) is 0 Å². The molecule has 0 aliphatic carbocycles. The number of ether oxygens (including phenoxy) is 1. The van der Waals surface area contributed by atoms with Crippen molar-refractivity contribution < 1.29 is 4.74 Å². The number of hydrogen-bond donors (Lipinski definition) is 1. The Balaban J connectivity index is 1.91. The van der Waals surface area contributed by atoms with Gasteiger partial charge in [-0.1, -0.05) is 17.3 Å². The lowest BCUT2D eigenvalue weighted by atomic mass is 10.1. The molecule has 3 rings (SSSR count). The largest absolute Gasteiger partial charge is 0.496 e. The number of hydrogen-bond acceptors (Lipinski definition) is 4. The first kappa shape index (κ1) is 14.1. The molecule has 2 N–H and O–H groups in total. The van der Waals surface area contributed by atoms with Gasteiger partial charge in [0.05, 0.1) is 25.5 Å². The van der Waals surface area contributed by atoms with Gasteiger partial charge in [-0.05, 0) is 48.4 Å². The van der Waals surface area contributed by atoms with Crippen LogP contribution in [0.1, 0.15) is 11.1 Å². The summed E-state index contributed by atoms with van der Waals surface area (Å²) in [6.07, 6.45) is 1.78. The molecule has 112 valence electrons. The Hall–Kier alpha value is -2.82. The summed E-state index contributed by atoms with van der Waals surface area (Å²) in [5, 5.41) is 8.23. The van der Waals surface area contributed by atoms with Crippen LogP contribution in [0.3, 0.4) is 0 Å². The maximum absolute atomic E-state index is 5.72. The minimum atomic E-state index is 0.653. The van der Waals surface area contributed by atoms with Crippen LogP contribution in [0.15, 0.2) is 48.7 Å². The van der Waals surface area contributed by atoms with Gasteiger partial charge >= 0.3 is 0 Å². The monoisotopic (exact) mass is 294 g/mol. The van der Waals surface area contributed by atoms with Gasteiger partial charge in [0.2, 0.25) is 0 Å². The van der Waals surface area contributed by atoms with Gasteiger partial charge in [0.25, 0.3) is 0 Å². The molecule has 0 saturated heterocycles. The number of nitrogens with zero attached hydrogens (tertiary/aromatic N) is 3. The summed E-state index contributed by atoms with van der Waals surface area (Å²) in [5.41, 5.74) is 10.7. The molecule has 2 aromatic carbocycles. The number of anilines is 1. The predicted octanol–water partition coefficient (Wildman–Crippen LogP) is 2.89. The fourth-order valence-electron chi connectivity index (χ4n) is 2.43. The van der Waals surface area contributed by atoms with E-state index in [1.165, 1.54) is 0 Å². The Bertz CT molecular complexity index is 778. The summed E-state index contributed by atoms with van der Waals surface area (Å²) in [7, 11) is 1.68.